The van der Waals surface area contributed by atoms with Gasteiger partial charge in [0.05, 0.1) is 35.5 Å². The van der Waals surface area contributed by atoms with E-state index in [-0.39, 0.29) is 7.43 Å². The number of aryl methyl sites for hydroxylation is 2. The zero-order valence-corrected chi connectivity index (χ0v) is 65.1. The Morgan fingerprint density at radius 3 is 1.02 bits per heavy atom. The van der Waals surface area contributed by atoms with Crippen molar-refractivity contribution in [2.75, 3.05) is 7.11 Å². The van der Waals surface area contributed by atoms with Crippen LogP contribution in [-0.4, -0.2) is 85.9 Å². The third-order valence-electron chi connectivity index (χ3n) is 19.8. The Morgan fingerprint density at radius 1 is 0.321 bits per heavy atom. The summed E-state index contributed by atoms with van der Waals surface area (Å²) in [4.78, 5) is 4.08. The predicted molar refractivity (Wildman–Crippen MR) is 443 cm³/mol. The quantitative estimate of drug-likeness (QED) is 0.127. The summed E-state index contributed by atoms with van der Waals surface area (Å²) in [6.07, 6.45) is 24.3. The molecule has 0 atom stereocenters. The molecule has 0 saturated heterocycles. The van der Waals surface area contributed by atoms with Crippen molar-refractivity contribution in [1.29, 1.82) is 0 Å². The normalized spacial score (nSPS) is 13.1. The standard InChI is InChI=1S/C20H18ClN3O.C19H16ClN3.C18H15ClN4.C15H16ClN3.C14H14ClN3.CH4/c1-3-13-7-10-19-22-23-20(14-5-4-6-16(11-14)25-2)24(19)18-9-8-15(21)12-17(13)18;1-2-13-8-11-18-21-22-19(14-6-4-3-5-7-14)23(18)17-10-9-15(20)12-16(13)17;1-2-12-3-6-17-21-22-18(13-7-9-20-10-8-13)23(17)16-5-4-14(19)11-15(12)16;1-3-10-5-8-15-18-17-14(4-2)19(15)13-7-6-11(16)9-12(10)13;1-3-10-4-7-14-17-16-9(2)18(14)13-6-5-11(15)8-12(10)13;/h4-9,11-12H,3,10H2,1-2H3;3-10,12H,2,11H2,1H3;3-5,7-11H,2,6H2,1H3;5-7,9H,3-4,8H2,1-2H3;4-6,8H,3,7H2,1-2H3;1H4. The van der Waals surface area contributed by atoms with E-state index in [9.17, 15) is 0 Å². The third-order valence-corrected chi connectivity index (χ3v) is 21.0. The molecule has 0 N–H and O–H groups in total. The minimum atomic E-state index is 0. The van der Waals surface area contributed by atoms with Crippen molar-refractivity contribution in [3.8, 4) is 68.4 Å². The van der Waals surface area contributed by atoms with E-state index < -0.39 is 0 Å². The summed E-state index contributed by atoms with van der Waals surface area (Å²) in [5.41, 5.74) is 20.9. The Labute approximate surface area is 661 Å². The summed E-state index contributed by atoms with van der Waals surface area (Å²) in [6.45, 7) is 14.9. The van der Waals surface area contributed by atoms with E-state index in [1.54, 1.807) is 19.5 Å². The van der Waals surface area contributed by atoms with Gasteiger partial charge in [-0.25, -0.2) is 0 Å². The number of allylic oxidation sites excluding steroid dienone is 10. The number of hydrogen-bond donors (Lipinski definition) is 0. The second-order valence-electron chi connectivity index (χ2n) is 26.1. The Balaban J connectivity index is 0.000000120. The smallest absolute Gasteiger partial charge is 0.168 e. The van der Waals surface area contributed by atoms with Gasteiger partial charge in [0.25, 0.3) is 0 Å². The molecule has 0 aliphatic carbocycles. The lowest BCUT2D eigenvalue weighted by molar-refractivity contribution is 0.415. The highest BCUT2D eigenvalue weighted by atomic mass is 35.5. The number of aromatic nitrogens is 16. The van der Waals surface area contributed by atoms with Gasteiger partial charge < -0.3 is 4.74 Å². The second kappa shape index (κ2) is 34.3. The molecular formula is C87H83Cl5N16O. The molecule has 0 amide bonds. The molecule has 5 aliphatic rings. The summed E-state index contributed by atoms with van der Waals surface area (Å²) in [5, 5.41) is 47.3. The SMILES string of the molecule is C.CCC1=CCc2nnc(-c3cccc(OC)c3)n2-c2ccc(Cl)cc21.CCC1=CCc2nnc(-c3ccccc3)n2-c2ccc(Cl)cc21.CCC1=CCc2nnc(-c3ccncc3)n2-c2ccc(Cl)cc21.CCC1=CCc2nnc(C)n2-c2ccc(Cl)cc21.CCC1=CCc2nnc(CC)n2-c2ccc(Cl)cc21. The Bertz CT molecular complexity index is 5510. The van der Waals surface area contributed by atoms with E-state index >= 15 is 0 Å². The number of nitrogens with zero attached hydrogens (tertiary/aromatic N) is 16. The molecule has 5 aliphatic heterocycles. The average molecular weight is 1550 g/mol. The molecule has 18 rings (SSSR count). The lowest BCUT2D eigenvalue weighted by Gasteiger charge is -2.14. The minimum absolute atomic E-state index is 0. The van der Waals surface area contributed by atoms with Crippen molar-refractivity contribution in [1.82, 2.24) is 78.8 Å². The number of benzene rings is 7. The molecule has 552 valence electrons. The molecule has 11 heterocycles. The average Bonchev–Trinajstić information content (AvgIpc) is 1.63. The van der Waals surface area contributed by atoms with Gasteiger partial charge in [0, 0.05) is 121 Å². The Hall–Kier alpha value is -10.7. The fourth-order valence-corrected chi connectivity index (χ4v) is 15.3. The topological polar surface area (TPSA) is 176 Å². The maximum absolute atomic E-state index is 6.27. The minimum Gasteiger partial charge on any atom is -0.497 e. The maximum atomic E-state index is 6.27. The monoisotopic (exact) mass is 1540 g/mol. The van der Waals surface area contributed by atoms with Crippen molar-refractivity contribution in [3.63, 3.8) is 0 Å². The number of rotatable bonds is 10. The molecule has 0 unspecified atom stereocenters. The van der Waals surface area contributed by atoms with E-state index in [2.05, 4.69) is 175 Å². The van der Waals surface area contributed by atoms with E-state index in [0.717, 1.165) is 222 Å². The lowest BCUT2D eigenvalue weighted by atomic mass is 10.0. The highest BCUT2D eigenvalue weighted by molar-refractivity contribution is 6.32. The van der Waals surface area contributed by atoms with Crippen molar-refractivity contribution < 1.29 is 4.74 Å². The molecule has 0 fully saturated rings. The van der Waals surface area contributed by atoms with Crippen LogP contribution in [0.3, 0.4) is 0 Å². The number of hydrogen-bond acceptors (Lipinski definition) is 12. The molecule has 109 heavy (non-hydrogen) atoms. The first kappa shape index (κ1) is 76.5. The van der Waals surface area contributed by atoms with Crippen LogP contribution in [0.4, 0.5) is 0 Å². The molecule has 17 nitrogen and oxygen atoms in total. The van der Waals surface area contributed by atoms with E-state index in [0.29, 0.717) is 0 Å². The molecule has 7 aromatic carbocycles. The van der Waals surface area contributed by atoms with Gasteiger partial charge in [0.15, 0.2) is 17.5 Å². The lowest BCUT2D eigenvalue weighted by Crippen LogP contribution is -2.05. The molecule has 0 spiro atoms. The number of ether oxygens (including phenoxy) is 1. The highest BCUT2D eigenvalue weighted by Gasteiger charge is 2.27. The number of pyridine rings is 1. The second-order valence-corrected chi connectivity index (χ2v) is 28.3. The predicted octanol–water partition coefficient (Wildman–Crippen LogP) is 22.3. The van der Waals surface area contributed by atoms with Crippen LogP contribution >= 0.6 is 58.0 Å². The van der Waals surface area contributed by atoms with Gasteiger partial charge in [0.1, 0.15) is 46.5 Å². The van der Waals surface area contributed by atoms with E-state index in [4.69, 9.17) is 62.7 Å². The fraction of sp³-hybridized carbons (Fsp3) is 0.230. The summed E-state index contributed by atoms with van der Waals surface area (Å²) < 4.78 is 16.0. The Morgan fingerprint density at radius 2 is 0.642 bits per heavy atom. The first-order chi connectivity index (χ1) is 52.7. The van der Waals surface area contributed by atoms with Crippen LogP contribution in [0.2, 0.25) is 25.1 Å². The summed E-state index contributed by atoms with van der Waals surface area (Å²) in [6, 6.07) is 52.0. The van der Waals surface area contributed by atoms with Crippen molar-refractivity contribution in [2.45, 2.75) is 127 Å². The first-order valence-corrected chi connectivity index (χ1v) is 38.3. The van der Waals surface area contributed by atoms with Gasteiger partial charge >= 0.3 is 0 Å². The van der Waals surface area contributed by atoms with Gasteiger partial charge in [-0.05, 0) is 182 Å². The van der Waals surface area contributed by atoms with Crippen LogP contribution in [0.15, 0.2) is 200 Å². The van der Waals surface area contributed by atoms with Crippen LogP contribution in [0.5, 0.6) is 5.75 Å². The summed E-state index contributed by atoms with van der Waals surface area (Å²) in [5.74, 6) is 10.0. The van der Waals surface area contributed by atoms with Gasteiger partial charge in [0.2, 0.25) is 0 Å². The van der Waals surface area contributed by atoms with Crippen LogP contribution in [0.1, 0.15) is 150 Å². The zero-order valence-electron chi connectivity index (χ0n) is 61.3. The largest absolute Gasteiger partial charge is 0.497 e. The molecule has 6 aromatic heterocycles. The van der Waals surface area contributed by atoms with E-state index in [1.807, 2.05) is 140 Å². The van der Waals surface area contributed by atoms with Crippen molar-refractivity contribution in [3.05, 3.63) is 294 Å². The highest BCUT2D eigenvalue weighted by Crippen LogP contribution is 2.41. The molecular weight excluding hydrogens is 1460 g/mol. The van der Waals surface area contributed by atoms with Gasteiger partial charge in [-0.3, -0.25) is 27.8 Å². The van der Waals surface area contributed by atoms with Gasteiger partial charge in [-0.15, -0.1) is 51.0 Å². The van der Waals surface area contributed by atoms with E-state index in [1.165, 1.54) is 39.0 Å². The number of methoxy groups -OCH3 is 1. The van der Waals surface area contributed by atoms with Crippen LogP contribution in [0.25, 0.3) is 90.5 Å². The maximum Gasteiger partial charge on any atom is 0.168 e. The molecule has 13 aromatic rings. The van der Waals surface area contributed by atoms with Crippen molar-refractivity contribution in [2.24, 2.45) is 0 Å². The summed E-state index contributed by atoms with van der Waals surface area (Å²) in [7, 11) is 1.66. The number of fused-ring (bicyclic) bond motifs is 15. The molecule has 0 bridgehead atoms. The molecule has 0 saturated carbocycles. The van der Waals surface area contributed by atoms with Crippen LogP contribution in [0, 0.1) is 6.92 Å². The van der Waals surface area contributed by atoms with Crippen LogP contribution in [-0.2, 0) is 38.5 Å². The molecule has 22 heteroatoms. The van der Waals surface area contributed by atoms with Crippen molar-refractivity contribution >= 4 is 85.9 Å². The fourth-order valence-electron chi connectivity index (χ4n) is 14.5. The number of halogens is 5. The zero-order chi connectivity index (χ0) is 75.1. The Kier molecular flexibility index (Phi) is 24.1. The van der Waals surface area contributed by atoms with Crippen LogP contribution < -0.4 is 4.74 Å². The van der Waals surface area contributed by atoms with Gasteiger partial charge in [-0.2, -0.15) is 0 Å². The summed E-state index contributed by atoms with van der Waals surface area (Å²) >= 11 is 31.0. The third kappa shape index (κ3) is 15.8. The molecule has 0 radical (unpaired) electrons. The van der Waals surface area contributed by atoms with Gasteiger partial charge in [-0.1, -0.05) is 180 Å². The first-order valence-electron chi connectivity index (χ1n) is 36.4.